The van der Waals surface area contributed by atoms with E-state index in [0.29, 0.717) is 6.54 Å². The van der Waals surface area contributed by atoms with Crippen molar-refractivity contribution in [3.05, 3.63) is 35.5 Å². The molecule has 22 heavy (non-hydrogen) atoms. The minimum atomic E-state index is -0.949. The van der Waals surface area contributed by atoms with E-state index in [1.54, 1.807) is 4.90 Å². The minimum absolute atomic E-state index is 0.189. The van der Waals surface area contributed by atoms with Gasteiger partial charge in [0.2, 0.25) is 0 Å². The standard InChI is InChI=1S/C16H16ClN3O2/c1-16-13-11(10-4-2-3-5-12(10)18-13)6-8-20(16)15(22)19(9-7-17)14(16)21/h2-5,18H,6-9H2,1H3/t16-/m1/s1. The summed E-state index contributed by atoms with van der Waals surface area (Å²) in [6, 6.07) is 7.77. The van der Waals surface area contributed by atoms with Crippen LogP contribution in [0.25, 0.3) is 10.9 Å². The molecule has 0 spiro atoms. The molecule has 5 nitrogen and oxygen atoms in total. The molecule has 0 aliphatic carbocycles. The summed E-state index contributed by atoms with van der Waals surface area (Å²) in [5.74, 6) is 0.0617. The van der Waals surface area contributed by atoms with E-state index in [4.69, 9.17) is 11.6 Å². The Bertz CT molecular complexity index is 800. The number of nitrogens with one attached hydrogen (secondary N) is 1. The molecule has 4 rings (SSSR count). The lowest BCUT2D eigenvalue weighted by atomic mass is 9.87. The van der Waals surface area contributed by atoms with Crippen molar-refractivity contribution in [3.8, 4) is 0 Å². The van der Waals surface area contributed by atoms with Gasteiger partial charge >= 0.3 is 6.03 Å². The second-order valence-electron chi connectivity index (χ2n) is 5.93. The van der Waals surface area contributed by atoms with Crippen LogP contribution >= 0.6 is 11.6 Å². The Morgan fingerprint density at radius 1 is 1.32 bits per heavy atom. The number of benzene rings is 1. The van der Waals surface area contributed by atoms with Crippen molar-refractivity contribution >= 4 is 34.4 Å². The third-order valence-electron chi connectivity index (χ3n) is 4.86. The lowest BCUT2D eigenvalue weighted by molar-refractivity contribution is -0.133. The molecule has 1 fully saturated rings. The monoisotopic (exact) mass is 317 g/mol. The van der Waals surface area contributed by atoms with Crippen molar-refractivity contribution in [2.45, 2.75) is 18.9 Å². The molecule has 1 aromatic heterocycles. The maximum atomic E-state index is 12.9. The largest absolute Gasteiger partial charge is 0.356 e. The molecule has 2 aromatic rings. The molecule has 3 amide bonds. The van der Waals surface area contributed by atoms with Crippen molar-refractivity contribution in [3.63, 3.8) is 0 Å². The number of alkyl halides is 1. The fraction of sp³-hybridized carbons (Fsp3) is 0.375. The lowest BCUT2D eigenvalue weighted by Gasteiger charge is -2.36. The molecule has 3 heterocycles. The van der Waals surface area contributed by atoms with E-state index in [1.807, 2.05) is 25.1 Å². The summed E-state index contributed by atoms with van der Waals surface area (Å²) in [6.07, 6.45) is 0.753. The number of halogens is 1. The highest BCUT2D eigenvalue weighted by Crippen LogP contribution is 2.43. The summed E-state index contributed by atoms with van der Waals surface area (Å²) in [5.41, 5.74) is 2.04. The smallest absolute Gasteiger partial charge is 0.328 e. The van der Waals surface area contributed by atoms with Gasteiger partial charge in [-0.15, -0.1) is 11.6 Å². The summed E-state index contributed by atoms with van der Waals surface area (Å²) in [4.78, 5) is 31.7. The first-order valence-corrected chi connectivity index (χ1v) is 7.92. The van der Waals surface area contributed by atoms with E-state index in [0.717, 1.165) is 28.6 Å². The van der Waals surface area contributed by atoms with Gasteiger partial charge in [-0.25, -0.2) is 4.79 Å². The maximum absolute atomic E-state index is 12.9. The number of amides is 3. The van der Waals surface area contributed by atoms with Crippen molar-refractivity contribution in [1.82, 2.24) is 14.8 Å². The van der Waals surface area contributed by atoms with Gasteiger partial charge in [-0.1, -0.05) is 18.2 Å². The number of carbonyl (C=O) groups excluding carboxylic acids is 2. The summed E-state index contributed by atoms with van der Waals surface area (Å²) in [7, 11) is 0. The van der Waals surface area contributed by atoms with Crippen molar-refractivity contribution in [2.24, 2.45) is 0 Å². The summed E-state index contributed by atoms with van der Waals surface area (Å²) in [6.45, 7) is 2.63. The average Bonchev–Trinajstić information content (AvgIpc) is 2.99. The van der Waals surface area contributed by atoms with Gasteiger partial charge in [0.1, 0.15) is 0 Å². The predicted octanol–water partition coefficient (Wildman–Crippen LogP) is 2.44. The number of hydrogen-bond acceptors (Lipinski definition) is 2. The molecule has 0 saturated carbocycles. The Morgan fingerprint density at radius 3 is 2.86 bits per heavy atom. The van der Waals surface area contributed by atoms with Crippen LogP contribution in [0.2, 0.25) is 0 Å². The number of imide groups is 1. The zero-order valence-corrected chi connectivity index (χ0v) is 13.0. The van der Waals surface area contributed by atoms with Gasteiger partial charge in [0.15, 0.2) is 5.54 Å². The van der Waals surface area contributed by atoms with E-state index < -0.39 is 5.54 Å². The predicted molar refractivity (Wildman–Crippen MR) is 83.9 cm³/mol. The van der Waals surface area contributed by atoms with Crippen molar-refractivity contribution < 1.29 is 9.59 Å². The van der Waals surface area contributed by atoms with E-state index in [2.05, 4.69) is 11.1 Å². The van der Waals surface area contributed by atoms with Crippen LogP contribution in [0, 0.1) is 0 Å². The molecule has 0 radical (unpaired) electrons. The number of hydrogen-bond donors (Lipinski definition) is 1. The molecule has 0 bridgehead atoms. The SMILES string of the molecule is C[C@@]12C(=O)N(CCCl)C(=O)N1CCc1c2[nH]c2ccccc12. The molecular formula is C16H16ClN3O2. The molecule has 6 heteroatoms. The first-order valence-electron chi connectivity index (χ1n) is 7.38. The van der Waals surface area contributed by atoms with Crippen LogP contribution in [-0.4, -0.2) is 45.7 Å². The van der Waals surface area contributed by atoms with Crippen LogP contribution in [-0.2, 0) is 16.8 Å². The zero-order chi connectivity index (χ0) is 15.5. The molecular weight excluding hydrogens is 302 g/mol. The van der Waals surface area contributed by atoms with E-state index >= 15 is 0 Å². The fourth-order valence-corrected chi connectivity index (χ4v) is 3.91. The summed E-state index contributed by atoms with van der Waals surface area (Å²) in [5, 5.41) is 1.13. The first kappa shape index (κ1) is 13.6. The van der Waals surface area contributed by atoms with Crippen LogP contribution in [0.1, 0.15) is 18.2 Å². The van der Waals surface area contributed by atoms with Gasteiger partial charge in [0.05, 0.1) is 5.69 Å². The Balaban J connectivity index is 1.92. The number of aromatic amines is 1. The van der Waals surface area contributed by atoms with E-state index in [-0.39, 0.29) is 24.4 Å². The minimum Gasteiger partial charge on any atom is -0.356 e. The van der Waals surface area contributed by atoms with Crippen LogP contribution in [0.5, 0.6) is 0 Å². The normalized spacial score (nSPS) is 24.1. The van der Waals surface area contributed by atoms with Crippen LogP contribution in [0.4, 0.5) is 4.79 Å². The van der Waals surface area contributed by atoms with Crippen molar-refractivity contribution in [2.75, 3.05) is 19.0 Å². The number of fused-ring (bicyclic) bond motifs is 5. The van der Waals surface area contributed by atoms with Gasteiger partial charge in [-0.2, -0.15) is 0 Å². The van der Waals surface area contributed by atoms with Crippen LogP contribution in [0.3, 0.4) is 0 Å². The van der Waals surface area contributed by atoms with E-state index in [9.17, 15) is 9.59 Å². The first-order chi connectivity index (χ1) is 10.6. The third-order valence-corrected chi connectivity index (χ3v) is 5.03. The lowest BCUT2D eigenvalue weighted by Crippen LogP contribution is -2.49. The summed E-state index contributed by atoms with van der Waals surface area (Å²) >= 11 is 5.75. The second-order valence-corrected chi connectivity index (χ2v) is 6.30. The quantitative estimate of drug-likeness (QED) is 0.683. The number of aromatic nitrogens is 1. The van der Waals surface area contributed by atoms with E-state index in [1.165, 1.54) is 4.90 Å². The molecule has 2 aliphatic rings. The van der Waals surface area contributed by atoms with Gasteiger partial charge in [-0.3, -0.25) is 9.69 Å². The highest BCUT2D eigenvalue weighted by molar-refractivity contribution is 6.18. The Kier molecular flexibility index (Phi) is 2.78. The fourth-order valence-electron chi connectivity index (χ4n) is 3.74. The molecule has 1 aromatic carbocycles. The highest BCUT2D eigenvalue weighted by Gasteiger charge is 2.58. The van der Waals surface area contributed by atoms with Crippen molar-refractivity contribution in [1.29, 1.82) is 0 Å². The maximum Gasteiger partial charge on any atom is 0.328 e. The molecule has 1 atom stereocenters. The number of nitrogens with zero attached hydrogens (tertiary/aromatic N) is 2. The Labute approximate surface area is 132 Å². The second kappa shape index (κ2) is 4.49. The molecule has 1 saturated heterocycles. The van der Waals surface area contributed by atoms with Gasteiger partial charge in [0.25, 0.3) is 5.91 Å². The van der Waals surface area contributed by atoms with Gasteiger partial charge in [-0.05, 0) is 25.0 Å². The Morgan fingerprint density at radius 2 is 2.09 bits per heavy atom. The number of rotatable bonds is 2. The number of urea groups is 1. The molecule has 114 valence electrons. The molecule has 2 aliphatic heterocycles. The molecule has 0 unspecified atom stereocenters. The highest BCUT2D eigenvalue weighted by atomic mass is 35.5. The Hall–Kier alpha value is -2.01. The topological polar surface area (TPSA) is 56.4 Å². The summed E-state index contributed by atoms with van der Waals surface area (Å²) < 4.78 is 0. The number of para-hydroxylation sites is 1. The number of H-pyrrole nitrogens is 1. The number of carbonyl (C=O) groups is 2. The zero-order valence-electron chi connectivity index (χ0n) is 12.2. The van der Waals surface area contributed by atoms with Gasteiger partial charge < -0.3 is 9.88 Å². The van der Waals surface area contributed by atoms with Crippen LogP contribution in [0.15, 0.2) is 24.3 Å². The average molecular weight is 318 g/mol. The van der Waals surface area contributed by atoms with Crippen LogP contribution < -0.4 is 0 Å². The van der Waals surface area contributed by atoms with Gasteiger partial charge in [0, 0.05) is 29.9 Å². The third kappa shape index (κ3) is 1.49. The molecule has 1 N–H and O–H groups in total.